The van der Waals surface area contributed by atoms with Crippen LogP contribution in [0.2, 0.25) is 0 Å². The van der Waals surface area contributed by atoms with Crippen molar-refractivity contribution in [1.29, 1.82) is 0 Å². The molecule has 0 spiro atoms. The molecular weight excluding hydrogens is 240 g/mol. The maximum absolute atomic E-state index is 9.46. The minimum atomic E-state index is 0.359. The predicted molar refractivity (Wildman–Crippen MR) is 75.1 cm³/mol. The molecule has 0 radical (unpaired) electrons. The van der Waals surface area contributed by atoms with Crippen LogP contribution in [0.4, 0.5) is 0 Å². The Morgan fingerprint density at radius 2 is 1.79 bits per heavy atom. The van der Waals surface area contributed by atoms with Crippen LogP contribution in [0, 0.1) is 17.8 Å². The quantitative estimate of drug-likeness (QED) is 0.791. The summed E-state index contributed by atoms with van der Waals surface area (Å²) in [5, 5.41) is 12.9. The summed E-state index contributed by atoms with van der Waals surface area (Å²) in [6.07, 6.45) is 5.07. The topological polar surface area (TPSA) is 44.7 Å². The zero-order chi connectivity index (χ0) is 13.1. The summed E-state index contributed by atoms with van der Waals surface area (Å²) in [6, 6.07) is 0.769. The van der Waals surface area contributed by atoms with Crippen molar-refractivity contribution in [2.75, 3.05) is 46.0 Å². The number of piperidine rings is 1. The van der Waals surface area contributed by atoms with Crippen molar-refractivity contribution in [1.82, 2.24) is 10.2 Å². The number of likely N-dealkylation sites (tertiary alicyclic amines) is 1. The van der Waals surface area contributed by atoms with Crippen LogP contribution in [0.15, 0.2) is 0 Å². The summed E-state index contributed by atoms with van der Waals surface area (Å²) >= 11 is 0. The molecule has 0 aromatic rings. The van der Waals surface area contributed by atoms with E-state index in [0.717, 1.165) is 38.3 Å². The van der Waals surface area contributed by atoms with Crippen LogP contribution >= 0.6 is 0 Å². The number of nitrogens with one attached hydrogen (secondary N) is 1. The lowest BCUT2D eigenvalue weighted by Crippen LogP contribution is -2.45. The molecule has 3 aliphatic heterocycles. The van der Waals surface area contributed by atoms with Crippen LogP contribution in [0.5, 0.6) is 0 Å². The number of aliphatic hydroxyl groups is 1. The highest BCUT2D eigenvalue weighted by Crippen LogP contribution is 2.33. The Bertz CT molecular complexity index is 273. The molecule has 4 nitrogen and oxygen atoms in total. The molecule has 0 amide bonds. The standard InChI is InChI=1S/C15H28N2O2/c18-11-13-9-16-10-15(13)12-1-5-17(6-2-12)14-3-7-19-8-4-14/h12-16,18H,1-11H2/t13-,15-/m0/s1. The summed E-state index contributed by atoms with van der Waals surface area (Å²) in [4.78, 5) is 2.69. The molecule has 0 aromatic heterocycles. The fourth-order valence-corrected chi connectivity index (χ4v) is 4.27. The number of rotatable bonds is 3. The second-order valence-corrected chi connectivity index (χ2v) is 6.48. The maximum atomic E-state index is 9.46. The van der Waals surface area contributed by atoms with Gasteiger partial charge in [0, 0.05) is 32.4 Å². The highest BCUT2D eigenvalue weighted by molar-refractivity contribution is 4.89. The lowest BCUT2D eigenvalue weighted by Gasteiger charge is -2.41. The molecule has 19 heavy (non-hydrogen) atoms. The maximum Gasteiger partial charge on any atom is 0.0480 e. The van der Waals surface area contributed by atoms with Crippen LogP contribution in [-0.4, -0.2) is 62.0 Å². The third-order valence-corrected chi connectivity index (χ3v) is 5.51. The van der Waals surface area contributed by atoms with E-state index in [1.54, 1.807) is 0 Å². The van der Waals surface area contributed by atoms with E-state index in [-0.39, 0.29) is 0 Å². The van der Waals surface area contributed by atoms with E-state index in [9.17, 15) is 5.11 Å². The van der Waals surface area contributed by atoms with Gasteiger partial charge in [-0.15, -0.1) is 0 Å². The molecule has 3 rings (SSSR count). The number of aliphatic hydroxyl groups excluding tert-OH is 1. The predicted octanol–water partition coefficient (Wildman–Crippen LogP) is 0.705. The first-order valence-electron chi connectivity index (χ1n) is 8.02. The second kappa shape index (κ2) is 6.53. The Balaban J connectivity index is 1.48. The zero-order valence-corrected chi connectivity index (χ0v) is 11.9. The van der Waals surface area contributed by atoms with E-state index >= 15 is 0 Å². The lowest BCUT2D eigenvalue weighted by molar-refractivity contribution is 0.0136. The van der Waals surface area contributed by atoms with E-state index < -0.39 is 0 Å². The van der Waals surface area contributed by atoms with Crippen LogP contribution in [-0.2, 0) is 4.74 Å². The van der Waals surface area contributed by atoms with Gasteiger partial charge in [-0.1, -0.05) is 0 Å². The van der Waals surface area contributed by atoms with Gasteiger partial charge in [0.05, 0.1) is 0 Å². The summed E-state index contributed by atoms with van der Waals surface area (Å²) in [5.41, 5.74) is 0. The Morgan fingerprint density at radius 3 is 2.47 bits per heavy atom. The highest BCUT2D eigenvalue weighted by atomic mass is 16.5. The molecule has 3 fully saturated rings. The number of hydrogen-bond acceptors (Lipinski definition) is 4. The minimum Gasteiger partial charge on any atom is -0.396 e. The smallest absolute Gasteiger partial charge is 0.0480 e. The first-order chi connectivity index (χ1) is 9.38. The van der Waals surface area contributed by atoms with Gasteiger partial charge in [0.15, 0.2) is 0 Å². The van der Waals surface area contributed by atoms with Crippen LogP contribution in [0.1, 0.15) is 25.7 Å². The van der Waals surface area contributed by atoms with Crippen molar-refractivity contribution in [2.24, 2.45) is 17.8 Å². The lowest BCUT2D eigenvalue weighted by atomic mass is 9.78. The van der Waals surface area contributed by atoms with Gasteiger partial charge < -0.3 is 20.1 Å². The third-order valence-electron chi connectivity index (χ3n) is 5.51. The second-order valence-electron chi connectivity index (χ2n) is 6.48. The first kappa shape index (κ1) is 13.8. The molecule has 0 aromatic carbocycles. The summed E-state index contributed by atoms with van der Waals surface area (Å²) in [5.74, 6) is 2.03. The largest absolute Gasteiger partial charge is 0.396 e. The fourth-order valence-electron chi connectivity index (χ4n) is 4.27. The molecule has 3 heterocycles. The molecule has 3 aliphatic rings. The molecule has 2 N–H and O–H groups in total. The molecule has 110 valence electrons. The normalized spacial score (nSPS) is 35.8. The fraction of sp³-hybridized carbons (Fsp3) is 1.00. The van der Waals surface area contributed by atoms with E-state index in [1.807, 2.05) is 0 Å². The van der Waals surface area contributed by atoms with Crippen molar-refractivity contribution < 1.29 is 9.84 Å². The van der Waals surface area contributed by atoms with E-state index in [4.69, 9.17) is 4.74 Å². The van der Waals surface area contributed by atoms with Gasteiger partial charge in [-0.2, -0.15) is 0 Å². The Morgan fingerprint density at radius 1 is 1.05 bits per heavy atom. The molecule has 4 heteroatoms. The van der Waals surface area contributed by atoms with Gasteiger partial charge in [-0.3, -0.25) is 0 Å². The van der Waals surface area contributed by atoms with Crippen molar-refractivity contribution in [2.45, 2.75) is 31.7 Å². The van der Waals surface area contributed by atoms with E-state index in [0.29, 0.717) is 18.4 Å². The van der Waals surface area contributed by atoms with Crippen LogP contribution in [0.25, 0.3) is 0 Å². The molecule has 2 atom stereocenters. The highest BCUT2D eigenvalue weighted by Gasteiger charge is 2.36. The molecule has 0 bridgehead atoms. The van der Waals surface area contributed by atoms with Crippen LogP contribution in [0.3, 0.4) is 0 Å². The Kier molecular flexibility index (Phi) is 4.74. The number of nitrogens with zero attached hydrogens (tertiary/aromatic N) is 1. The summed E-state index contributed by atoms with van der Waals surface area (Å²) in [6.45, 7) is 6.90. The molecule has 0 aliphatic carbocycles. The van der Waals surface area contributed by atoms with Crippen LogP contribution < -0.4 is 5.32 Å². The average Bonchev–Trinajstić information content (AvgIpc) is 2.97. The van der Waals surface area contributed by atoms with Crippen molar-refractivity contribution in [3.63, 3.8) is 0 Å². The molecule has 3 saturated heterocycles. The molecular formula is C15H28N2O2. The summed E-state index contributed by atoms with van der Waals surface area (Å²) < 4.78 is 5.46. The van der Waals surface area contributed by atoms with Gasteiger partial charge in [0.25, 0.3) is 0 Å². The van der Waals surface area contributed by atoms with Gasteiger partial charge in [-0.25, -0.2) is 0 Å². The number of ether oxygens (including phenoxy) is 1. The van der Waals surface area contributed by atoms with E-state index in [1.165, 1.54) is 38.8 Å². The van der Waals surface area contributed by atoms with Crippen molar-refractivity contribution in [3.8, 4) is 0 Å². The monoisotopic (exact) mass is 268 g/mol. The summed E-state index contributed by atoms with van der Waals surface area (Å²) in [7, 11) is 0. The van der Waals surface area contributed by atoms with Gasteiger partial charge in [0.2, 0.25) is 0 Å². The molecule has 0 saturated carbocycles. The van der Waals surface area contributed by atoms with Crippen molar-refractivity contribution >= 4 is 0 Å². The third kappa shape index (κ3) is 3.13. The van der Waals surface area contributed by atoms with E-state index in [2.05, 4.69) is 10.2 Å². The van der Waals surface area contributed by atoms with Gasteiger partial charge in [-0.05, 0) is 63.1 Å². The van der Waals surface area contributed by atoms with Gasteiger partial charge in [0.1, 0.15) is 0 Å². The van der Waals surface area contributed by atoms with Gasteiger partial charge >= 0.3 is 0 Å². The van der Waals surface area contributed by atoms with Crippen molar-refractivity contribution in [3.05, 3.63) is 0 Å². The zero-order valence-electron chi connectivity index (χ0n) is 11.9. The Labute approximate surface area is 116 Å². The SMILES string of the molecule is OC[C@@H]1CNC[C@H]1C1CCN(C2CCOCC2)CC1. The molecule has 0 unspecified atom stereocenters. The minimum absolute atomic E-state index is 0.359. The Hall–Kier alpha value is -0.160. The first-order valence-corrected chi connectivity index (χ1v) is 8.02. The average molecular weight is 268 g/mol. The number of hydrogen-bond donors (Lipinski definition) is 2.